The fourth-order valence-corrected chi connectivity index (χ4v) is 1.33. The summed E-state index contributed by atoms with van der Waals surface area (Å²) in [6.45, 7) is 0. The Morgan fingerprint density at radius 3 is 2.62 bits per heavy atom. The number of carbonyl (C=O) groups excluding carboxylic acids is 1. The first-order valence-corrected chi connectivity index (χ1v) is 4.98. The van der Waals surface area contributed by atoms with Gasteiger partial charge in [-0.3, -0.25) is 4.79 Å². The zero-order valence-electron chi connectivity index (χ0n) is 8.22. The van der Waals surface area contributed by atoms with E-state index in [0.29, 0.717) is 11.4 Å². The van der Waals surface area contributed by atoms with Crippen molar-refractivity contribution in [3.63, 3.8) is 0 Å². The average molecular weight is 234 g/mol. The van der Waals surface area contributed by atoms with Crippen molar-refractivity contribution in [1.29, 1.82) is 0 Å². The van der Waals surface area contributed by atoms with Gasteiger partial charge in [0, 0.05) is 11.8 Å². The van der Waals surface area contributed by atoms with Crippen molar-refractivity contribution in [2.45, 2.75) is 0 Å². The maximum Gasteiger partial charge on any atom is 0.256 e. The predicted molar refractivity (Wildman–Crippen MR) is 61.4 cm³/mol. The molecular formula is C11H8ClN3O. The van der Waals surface area contributed by atoms with Gasteiger partial charge in [-0.05, 0) is 29.8 Å². The maximum atomic E-state index is 11.7. The van der Waals surface area contributed by atoms with Gasteiger partial charge in [-0.2, -0.15) is 0 Å². The molecule has 1 aromatic carbocycles. The van der Waals surface area contributed by atoms with E-state index in [-0.39, 0.29) is 11.2 Å². The number of hydrogen-bond donors (Lipinski definition) is 1. The van der Waals surface area contributed by atoms with Crippen LogP contribution in [0.5, 0.6) is 0 Å². The number of carbonyl (C=O) groups is 1. The van der Waals surface area contributed by atoms with Crippen molar-refractivity contribution in [2.24, 2.45) is 0 Å². The summed E-state index contributed by atoms with van der Waals surface area (Å²) in [7, 11) is 0. The summed E-state index contributed by atoms with van der Waals surface area (Å²) in [5.41, 5.74) is 0.567. The largest absolute Gasteiger partial charge is 0.306 e. The second-order valence-electron chi connectivity index (χ2n) is 3.03. The lowest BCUT2D eigenvalue weighted by Gasteiger charge is -2.03. The molecule has 0 radical (unpaired) electrons. The van der Waals surface area contributed by atoms with Gasteiger partial charge in [0.25, 0.3) is 5.91 Å². The smallest absolute Gasteiger partial charge is 0.256 e. The summed E-state index contributed by atoms with van der Waals surface area (Å²) in [5.74, 6) is 0.157. The van der Waals surface area contributed by atoms with Gasteiger partial charge in [-0.25, -0.2) is 9.97 Å². The molecule has 16 heavy (non-hydrogen) atoms. The summed E-state index contributed by atoms with van der Waals surface area (Å²) in [4.78, 5) is 19.3. The Bertz CT molecular complexity index is 502. The number of aromatic nitrogens is 2. The maximum absolute atomic E-state index is 11.7. The highest BCUT2D eigenvalue weighted by Gasteiger charge is 2.05. The van der Waals surface area contributed by atoms with E-state index >= 15 is 0 Å². The Kier molecular flexibility index (Phi) is 3.12. The lowest BCUT2D eigenvalue weighted by molar-refractivity contribution is 0.102. The topological polar surface area (TPSA) is 54.9 Å². The number of halogens is 1. The Hall–Kier alpha value is -1.94. The molecule has 1 aromatic heterocycles. The molecule has 2 aromatic rings. The molecular weight excluding hydrogens is 226 g/mol. The normalized spacial score (nSPS) is 9.81. The Labute approximate surface area is 97.3 Å². The van der Waals surface area contributed by atoms with Crippen molar-refractivity contribution < 1.29 is 4.79 Å². The molecule has 1 heterocycles. The molecule has 0 bridgehead atoms. The van der Waals surface area contributed by atoms with Gasteiger partial charge in [0.05, 0.1) is 0 Å². The lowest BCUT2D eigenvalue weighted by atomic mass is 10.2. The summed E-state index contributed by atoms with van der Waals surface area (Å²) >= 11 is 5.60. The molecule has 80 valence electrons. The van der Waals surface area contributed by atoms with Crippen molar-refractivity contribution >= 4 is 23.3 Å². The predicted octanol–water partition coefficient (Wildman–Crippen LogP) is 2.38. The first kappa shape index (κ1) is 10.6. The van der Waals surface area contributed by atoms with Crippen molar-refractivity contribution in [2.75, 3.05) is 5.32 Å². The molecule has 0 spiro atoms. The fourth-order valence-electron chi connectivity index (χ4n) is 1.18. The number of nitrogens with one attached hydrogen (secondary N) is 1. The van der Waals surface area contributed by atoms with E-state index in [2.05, 4.69) is 15.3 Å². The second kappa shape index (κ2) is 4.72. The van der Waals surface area contributed by atoms with Crippen LogP contribution in [0.2, 0.25) is 5.28 Å². The minimum absolute atomic E-state index is 0.103. The van der Waals surface area contributed by atoms with Gasteiger partial charge in [-0.15, -0.1) is 0 Å². The Morgan fingerprint density at radius 2 is 1.94 bits per heavy atom. The van der Waals surface area contributed by atoms with Crippen LogP contribution < -0.4 is 5.32 Å². The highest BCUT2D eigenvalue weighted by atomic mass is 35.5. The van der Waals surface area contributed by atoms with E-state index in [0.717, 1.165) is 0 Å². The fraction of sp³-hybridized carbons (Fsp3) is 0. The van der Waals surface area contributed by atoms with Gasteiger partial charge >= 0.3 is 0 Å². The van der Waals surface area contributed by atoms with Gasteiger partial charge in [0.1, 0.15) is 5.82 Å². The summed E-state index contributed by atoms with van der Waals surface area (Å²) in [6.07, 6.45) is 1.48. The zero-order valence-corrected chi connectivity index (χ0v) is 8.98. The molecule has 0 atom stereocenters. The summed E-state index contributed by atoms with van der Waals surface area (Å²) in [6, 6.07) is 10.4. The molecule has 0 aliphatic rings. The van der Waals surface area contributed by atoms with E-state index < -0.39 is 0 Å². The molecule has 0 aliphatic carbocycles. The van der Waals surface area contributed by atoms with Crippen LogP contribution in [-0.4, -0.2) is 15.9 Å². The van der Waals surface area contributed by atoms with Crippen LogP contribution in [0.4, 0.5) is 5.82 Å². The second-order valence-corrected chi connectivity index (χ2v) is 3.37. The Morgan fingerprint density at radius 1 is 1.19 bits per heavy atom. The van der Waals surface area contributed by atoms with Crippen LogP contribution >= 0.6 is 11.6 Å². The SMILES string of the molecule is O=C(Nc1ccnc(Cl)n1)c1ccccc1. The van der Waals surface area contributed by atoms with Gasteiger partial charge in [0.2, 0.25) is 5.28 Å². The van der Waals surface area contributed by atoms with Crippen LogP contribution in [0.3, 0.4) is 0 Å². The third-order valence-electron chi connectivity index (χ3n) is 1.90. The van der Waals surface area contributed by atoms with Crippen molar-refractivity contribution in [1.82, 2.24) is 9.97 Å². The first-order chi connectivity index (χ1) is 7.75. The molecule has 5 heteroatoms. The van der Waals surface area contributed by atoms with Gasteiger partial charge in [0.15, 0.2) is 0 Å². The molecule has 0 saturated heterocycles. The number of rotatable bonds is 2. The van der Waals surface area contributed by atoms with E-state index in [9.17, 15) is 4.79 Å². The van der Waals surface area contributed by atoms with Crippen molar-refractivity contribution in [3.8, 4) is 0 Å². The van der Waals surface area contributed by atoms with E-state index in [1.165, 1.54) is 6.20 Å². The van der Waals surface area contributed by atoms with Crippen LogP contribution in [0.15, 0.2) is 42.6 Å². The molecule has 0 fully saturated rings. The monoisotopic (exact) mass is 233 g/mol. The number of anilines is 1. The average Bonchev–Trinajstić information content (AvgIpc) is 2.30. The van der Waals surface area contributed by atoms with E-state index in [1.807, 2.05) is 6.07 Å². The number of nitrogens with zero attached hydrogens (tertiary/aromatic N) is 2. The molecule has 0 unspecified atom stereocenters. The quantitative estimate of drug-likeness (QED) is 0.811. The van der Waals surface area contributed by atoms with E-state index in [1.54, 1.807) is 30.3 Å². The third kappa shape index (κ3) is 2.55. The molecule has 2 rings (SSSR count). The number of hydrogen-bond acceptors (Lipinski definition) is 3. The molecule has 1 N–H and O–H groups in total. The molecule has 0 saturated carbocycles. The van der Waals surface area contributed by atoms with Gasteiger partial charge in [-0.1, -0.05) is 18.2 Å². The lowest BCUT2D eigenvalue weighted by Crippen LogP contribution is -2.12. The minimum Gasteiger partial charge on any atom is -0.306 e. The highest BCUT2D eigenvalue weighted by molar-refractivity contribution is 6.28. The summed E-state index contributed by atoms with van der Waals surface area (Å²) in [5, 5.41) is 2.73. The standard InChI is InChI=1S/C11H8ClN3O/c12-11-13-7-6-9(15-11)14-10(16)8-4-2-1-3-5-8/h1-7H,(H,13,14,15,16). The van der Waals surface area contributed by atoms with Crippen molar-refractivity contribution in [3.05, 3.63) is 53.4 Å². The van der Waals surface area contributed by atoms with Gasteiger partial charge < -0.3 is 5.32 Å². The number of amides is 1. The van der Waals surface area contributed by atoms with Crippen LogP contribution in [0, 0.1) is 0 Å². The molecule has 1 amide bonds. The Balaban J connectivity index is 2.14. The molecule has 4 nitrogen and oxygen atoms in total. The third-order valence-corrected chi connectivity index (χ3v) is 2.09. The highest BCUT2D eigenvalue weighted by Crippen LogP contribution is 2.08. The summed E-state index contributed by atoms with van der Waals surface area (Å²) < 4.78 is 0. The van der Waals surface area contributed by atoms with E-state index in [4.69, 9.17) is 11.6 Å². The number of benzene rings is 1. The first-order valence-electron chi connectivity index (χ1n) is 4.60. The van der Waals surface area contributed by atoms with Crippen LogP contribution in [0.1, 0.15) is 10.4 Å². The molecule has 0 aliphatic heterocycles. The van der Waals surface area contributed by atoms with Crippen LogP contribution in [0.25, 0.3) is 0 Å². The minimum atomic E-state index is -0.227. The zero-order chi connectivity index (χ0) is 11.4. The van der Waals surface area contributed by atoms with Crippen LogP contribution in [-0.2, 0) is 0 Å².